The standard InChI is InChI=1S/C22H14ClF2N3O2S/c23-16-11-14(9-10-17(16)25)28-21(30)15-3-1-2-4-18(15)27-22(28)31-19(20(26)29)12-5-7-13(24)8-6-12/h1-11,19H,(H2,26,29). The number of fused-ring (bicyclic) bond motifs is 1. The number of rotatable bonds is 5. The third-order valence-electron chi connectivity index (χ3n) is 4.56. The highest BCUT2D eigenvalue weighted by atomic mass is 35.5. The molecule has 0 radical (unpaired) electrons. The van der Waals surface area contributed by atoms with Crippen LogP contribution in [-0.4, -0.2) is 15.5 Å². The molecule has 31 heavy (non-hydrogen) atoms. The summed E-state index contributed by atoms with van der Waals surface area (Å²) >= 11 is 6.86. The lowest BCUT2D eigenvalue weighted by Crippen LogP contribution is -2.24. The topological polar surface area (TPSA) is 78.0 Å². The maximum Gasteiger partial charge on any atom is 0.266 e. The SMILES string of the molecule is NC(=O)C(Sc1nc2ccccc2c(=O)n1-c1ccc(F)c(Cl)c1)c1ccc(F)cc1. The summed E-state index contributed by atoms with van der Waals surface area (Å²) in [6.07, 6.45) is 0. The molecule has 4 aromatic rings. The van der Waals surface area contributed by atoms with Crippen LogP contribution in [0.15, 0.2) is 76.7 Å². The maximum absolute atomic E-state index is 13.7. The minimum Gasteiger partial charge on any atom is -0.368 e. The number of carbonyl (C=O) groups is 1. The van der Waals surface area contributed by atoms with Crippen molar-refractivity contribution in [1.82, 2.24) is 9.55 Å². The molecule has 0 aliphatic heterocycles. The van der Waals surface area contributed by atoms with Gasteiger partial charge in [-0.1, -0.05) is 47.6 Å². The first-order chi connectivity index (χ1) is 14.8. The van der Waals surface area contributed by atoms with Crippen LogP contribution < -0.4 is 11.3 Å². The minimum absolute atomic E-state index is 0.152. The smallest absolute Gasteiger partial charge is 0.266 e. The van der Waals surface area contributed by atoms with Crippen molar-refractivity contribution >= 4 is 40.2 Å². The van der Waals surface area contributed by atoms with Gasteiger partial charge in [0.2, 0.25) is 5.91 Å². The number of para-hydroxylation sites is 1. The van der Waals surface area contributed by atoms with Crippen molar-refractivity contribution in [3.63, 3.8) is 0 Å². The molecule has 2 N–H and O–H groups in total. The predicted molar refractivity (Wildman–Crippen MR) is 117 cm³/mol. The van der Waals surface area contributed by atoms with Crippen molar-refractivity contribution in [3.05, 3.63) is 99.3 Å². The van der Waals surface area contributed by atoms with E-state index in [1.807, 2.05) is 0 Å². The van der Waals surface area contributed by atoms with Crippen molar-refractivity contribution in [2.24, 2.45) is 5.73 Å². The number of benzene rings is 3. The first kappa shape index (κ1) is 21.0. The van der Waals surface area contributed by atoms with Gasteiger partial charge in [-0.15, -0.1) is 0 Å². The number of halogens is 3. The molecule has 0 bridgehead atoms. The molecule has 0 saturated carbocycles. The van der Waals surface area contributed by atoms with E-state index in [9.17, 15) is 18.4 Å². The number of hydrogen-bond donors (Lipinski definition) is 1. The van der Waals surface area contributed by atoms with E-state index in [1.54, 1.807) is 24.3 Å². The van der Waals surface area contributed by atoms with Crippen LogP contribution in [0.5, 0.6) is 0 Å². The van der Waals surface area contributed by atoms with Gasteiger partial charge in [-0.25, -0.2) is 13.8 Å². The van der Waals surface area contributed by atoms with Gasteiger partial charge in [0.25, 0.3) is 5.56 Å². The summed E-state index contributed by atoms with van der Waals surface area (Å²) < 4.78 is 28.3. The van der Waals surface area contributed by atoms with Gasteiger partial charge in [0, 0.05) is 0 Å². The summed E-state index contributed by atoms with van der Waals surface area (Å²) in [5.41, 5.74) is 6.32. The number of thioether (sulfide) groups is 1. The molecule has 0 aliphatic carbocycles. The fourth-order valence-electron chi connectivity index (χ4n) is 3.08. The second-order valence-corrected chi connectivity index (χ2v) is 8.08. The number of nitrogens with two attached hydrogens (primary N) is 1. The molecule has 1 aromatic heterocycles. The third-order valence-corrected chi connectivity index (χ3v) is 6.08. The number of carbonyl (C=O) groups excluding carboxylic acids is 1. The highest BCUT2D eigenvalue weighted by molar-refractivity contribution is 8.00. The van der Waals surface area contributed by atoms with Gasteiger partial charge in [0.05, 0.1) is 21.6 Å². The zero-order valence-electron chi connectivity index (χ0n) is 15.8. The van der Waals surface area contributed by atoms with E-state index in [1.165, 1.54) is 41.0 Å². The van der Waals surface area contributed by atoms with Crippen LogP contribution >= 0.6 is 23.4 Å². The van der Waals surface area contributed by atoms with Crippen LogP contribution in [0, 0.1) is 11.6 Å². The van der Waals surface area contributed by atoms with E-state index in [-0.39, 0.29) is 15.9 Å². The average Bonchev–Trinajstić information content (AvgIpc) is 2.75. The lowest BCUT2D eigenvalue weighted by molar-refractivity contribution is -0.117. The Kier molecular flexibility index (Phi) is 5.75. The Morgan fingerprint density at radius 3 is 2.45 bits per heavy atom. The second-order valence-electron chi connectivity index (χ2n) is 6.60. The van der Waals surface area contributed by atoms with Crippen molar-refractivity contribution in [2.45, 2.75) is 10.4 Å². The molecule has 1 atom stereocenters. The van der Waals surface area contributed by atoms with Crippen molar-refractivity contribution < 1.29 is 13.6 Å². The molecule has 1 unspecified atom stereocenters. The Bertz CT molecular complexity index is 1360. The molecule has 0 saturated heterocycles. The summed E-state index contributed by atoms with van der Waals surface area (Å²) in [5.74, 6) is -1.79. The third kappa shape index (κ3) is 4.17. The van der Waals surface area contributed by atoms with Crippen LogP contribution in [0.25, 0.3) is 16.6 Å². The summed E-state index contributed by atoms with van der Waals surface area (Å²) in [7, 11) is 0. The average molecular weight is 458 g/mol. The van der Waals surface area contributed by atoms with E-state index >= 15 is 0 Å². The van der Waals surface area contributed by atoms with Crippen LogP contribution in [-0.2, 0) is 4.79 Å². The molecular formula is C22H14ClF2N3O2S. The molecule has 0 fully saturated rings. The Morgan fingerprint density at radius 2 is 1.77 bits per heavy atom. The molecule has 4 rings (SSSR count). The number of primary amides is 1. The number of hydrogen-bond acceptors (Lipinski definition) is 4. The first-order valence-electron chi connectivity index (χ1n) is 9.04. The van der Waals surface area contributed by atoms with Gasteiger partial charge in [-0.2, -0.15) is 0 Å². The fourth-order valence-corrected chi connectivity index (χ4v) is 4.32. The van der Waals surface area contributed by atoms with Gasteiger partial charge in [-0.05, 0) is 48.0 Å². The monoisotopic (exact) mass is 457 g/mol. The molecule has 1 heterocycles. The zero-order chi connectivity index (χ0) is 22.1. The lowest BCUT2D eigenvalue weighted by atomic mass is 10.1. The van der Waals surface area contributed by atoms with Crippen LogP contribution in [0.4, 0.5) is 8.78 Å². The summed E-state index contributed by atoms with van der Waals surface area (Å²) in [4.78, 5) is 30.0. The second kappa shape index (κ2) is 8.49. The highest BCUT2D eigenvalue weighted by Gasteiger charge is 2.24. The Morgan fingerprint density at radius 1 is 1.06 bits per heavy atom. The van der Waals surface area contributed by atoms with Crippen LogP contribution in [0.2, 0.25) is 5.02 Å². The normalized spacial score (nSPS) is 12.1. The van der Waals surface area contributed by atoms with E-state index in [2.05, 4.69) is 4.98 Å². The molecular weight excluding hydrogens is 444 g/mol. The maximum atomic E-state index is 13.7. The van der Waals surface area contributed by atoms with E-state index in [0.29, 0.717) is 16.5 Å². The Hall–Kier alpha value is -3.23. The van der Waals surface area contributed by atoms with E-state index in [0.717, 1.165) is 17.8 Å². The molecule has 3 aromatic carbocycles. The Balaban J connectivity index is 1.93. The van der Waals surface area contributed by atoms with Gasteiger partial charge < -0.3 is 5.73 Å². The molecule has 5 nitrogen and oxygen atoms in total. The summed E-state index contributed by atoms with van der Waals surface area (Å²) in [6, 6.07) is 15.9. The molecule has 0 aliphatic rings. The molecule has 156 valence electrons. The van der Waals surface area contributed by atoms with Crippen LogP contribution in [0.3, 0.4) is 0 Å². The van der Waals surface area contributed by atoms with E-state index < -0.39 is 28.4 Å². The predicted octanol–water partition coefficient (Wildman–Crippen LogP) is 4.64. The zero-order valence-corrected chi connectivity index (χ0v) is 17.3. The number of amides is 1. The van der Waals surface area contributed by atoms with Crippen molar-refractivity contribution in [1.29, 1.82) is 0 Å². The van der Waals surface area contributed by atoms with Gasteiger partial charge in [0.1, 0.15) is 16.9 Å². The molecule has 0 spiro atoms. The van der Waals surface area contributed by atoms with E-state index in [4.69, 9.17) is 17.3 Å². The molecule has 9 heteroatoms. The number of nitrogens with zero attached hydrogens (tertiary/aromatic N) is 2. The van der Waals surface area contributed by atoms with Crippen molar-refractivity contribution in [2.75, 3.05) is 0 Å². The number of aromatic nitrogens is 2. The summed E-state index contributed by atoms with van der Waals surface area (Å²) in [5, 5.41) is -0.626. The van der Waals surface area contributed by atoms with Crippen LogP contribution in [0.1, 0.15) is 10.8 Å². The molecule has 1 amide bonds. The van der Waals surface area contributed by atoms with Gasteiger partial charge in [0.15, 0.2) is 5.16 Å². The summed E-state index contributed by atoms with van der Waals surface area (Å²) in [6.45, 7) is 0. The van der Waals surface area contributed by atoms with Gasteiger partial charge in [-0.3, -0.25) is 14.2 Å². The highest BCUT2D eigenvalue weighted by Crippen LogP contribution is 2.35. The fraction of sp³-hybridized carbons (Fsp3) is 0.0455. The van der Waals surface area contributed by atoms with Gasteiger partial charge >= 0.3 is 0 Å². The van der Waals surface area contributed by atoms with Crippen molar-refractivity contribution in [3.8, 4) is 5.69 Å². The largest absolute Gasteiger partial charge is 0.368 e. The Labute approximate surface area is 184 Å². The minimum atomic E-state index is -0.948. The quantitative estimate of drug-likeness (QED) is 0.350. The lowest BCUT2D eigenvalue weighted by Gasteiger charge is -2.18. The first-order valence-corrected chi connectivity index (χ1v) is 10.3.